The molecule has 2 aromatic rings. The Morgan fingerprint density at radius 1 is 1.32 bits per heavy atom. The van der Waals surface area contributed by atoms with Crippen molar-refractivity contribution in [3.05, 3.63) is 36.5 Å². The molecule has 1 saturated heterocycles. The first kappa shape index (κ1) is 17.4. The van der Waals surface area contributed by atoms with E-state index in [1.54, 1.807) is 18.1 Å². The predicted molar refractivity (Wildman–Crippen MR) is 95.2 cm³/mol. The molecular formula is C18H24N4O3. The molecule has 0 spiro atoms. The van der Waals surface area contributed by atoms with E-state index in [0.29, 0.717) is 19.8 Å². The molecule has 25 heavy (non-hydrogen) atoms. The zero-order valence-electron chi connectivity index (χ0n) is 14.4. The average Bonchev–Trinajstić information content (AvgIpc) is 3.18. The second kappa shape index (κ2) is 7.67. The first-order valence-electron chi connectivity index (χ1n) is 8.42. The number of benzene rings is 1. The van der Waals surface area contributed by atoms with Crippen molar-refractivity contribution in [1.82, 2.24) is 15.1 Å². The maximum atomic E-state index is 12.4. The average molecular weight is 344 g/mol. The number of hydrogen-bond acceptors (Lipinski definition) is 4. The molecule has 3 N–H and O–H groups in total. The van der Waals surface area contributed by atoms with Crippen LogP contribution in [0.2, 0.25) is 0 Å². The summed E-state index contributed by atoms with van der Waals surface area (Å²) >= 11 is 0. The Morgan fingerprint density at radius 3 is 2.64 bits per heavy atom. The number of aliphatic hydroxyl groups excluding tert-OH is 1. The number of amides is 2. The van der Waals surface area contributed by atoms with Gasteiger partial charge in [-0.3, -0.25) is 5.10 Å². The molecule has 0 saturated carbocycles. The summed E-state index contributed by atoms with van der Waals surface area (Å²) in [6, 6.07) is 9.28. The van der Waals surface area contributed by atoms with Gasteiger partial charge in [0.2, 0.25) is 0 Å². The first-order valence-corrected chi connectivity index (χ1v) is 8.42. The standard InChI is InChI=1S/C18H24N4O3/c1-22(12-18(13-23)7-10-25-11-8-18)17(24)20-15-4-2-14(3-5-15)16-6-9-19-21-16/h2-6,9,23H,7-8,10-13H2,1H3,(H,19,21)(H,20,24). The highest BCUT2D eigenvalue weighted by Gasteiger charge is 2.34. The van der Waals surface area contributed by atoms with E-state index in [9.17, 15) is 9.90 Å². The summed E-state index contributed by atoms with van der Waals surface area (Å²) in [5.41, 5.74) is 2.39. The number of H-pyrrole nitrogens is 1. The normalized spacial score (nSPS) is 16.4. The molecule has 1 aliphatic rings. The van der Waals surface area contributed by atoms with Crippen LogP contribution in [0, 0.1) is 5.41 Å². The summed E-state index contributed by atoms with van der Waals surface area (Å²) in [5.74, 6) is 0. The van der Waals surface area contributed by atoms with Crippen LogP contribution in [0.25, 0.3) is 11.3 Å². The van der Waals surface area contributed by atoms with E-state index in [1.165, 1.54) is 0 Å². The van der Waals surface area contributed by atoms with Crippen LogP contribution in [0.1, 0.15) is 12.8 Å². The Kier molecular flexibility index (Phi) is 5.35. The van der Waals surface area contributed by atoms with Crippen LogP contribution in [0.3, 0.4) is 0 Å². The number of ether oxygens (including phenoxy) is 1. The van der Waals surface area contributed by atoms with E-state index < -0.39 is 0 Å². The van der Waals surface area contributed by atoms with Crippen molar-refractivity contribution >= 4 is 11.7 Å². The lowest BCUT2D eigenvalue weighted by molar-refractivity contribution is -0.0255. The zero-order chi connectivity index (χ0) is 17.7. The third-order valence-corrected chi connectivity index (χ3v) is 4.76. The second-order valence-electron chi connectivity index (χ2n) is 6.60. The van der Waals surface area contributed by atoms with Gasteiger partial charge in [-0.15, -0.1) is 0 Å². The number of anilines is 1. The Labute approximate surface area is 147 Å². The molecule has 2 amide bonds. The maximum absolute atomic E-state index is 12.4. The fourth-order valence-electron chi connectivity index (χ4n) is 3.11. The van der Waals surface area contributed by atoms with Crippen molar-refractivity contribution in [3.8, 4) is 11.3 Å². The highest BCUT2D eigenvalue weighted by atomic mass is 16.5. The number of nitrogens with one attached hydrogen (secondary N) is 2. The van der Waals surface area contributed by atoms with Crippen molar-refractivity contribution in [2.24, 2.45) is 5.41 Å². The molecule has 0 aliphatic carbocycles. The molecule has 3 rings (SSSR count). The summed E-state index contributed by atoms with van der Waals surface area (Å²) in [4.78, 5) is 14.1. The highest BCUT2D eigenvalue weighted by molar-refractivity contribution is 5.89. The molecule has 1 aliphatic heterocycles. The number of nitrogens with zero attached hydrogens (tertiary/aromatic N) is 2. The molecule has 7 nitrogen and oxygen atoms in total. The van der Waals surface area contributed by atoms with Gasteiger partial charge in [0, 0.05) is 44.1 Å². The van der Waals surface area contributed by atoms with E-state index in [-0.39, 0.29) is 18.1 Å². The van der Waals surface area contributed by atoms with Crippen LogP contribution in [0.4, 0.5) is 10.5 Å². The maximum Gasteiger partial charge on any atom is 0.321 e. The molecule has 0 atom stereocenters. The molecule has 134 valence electrons. The van der Waals surface area contributed by atoms with Gasteiger partial charge in [0.15, 0.2) is 0 Å². The molecule has 2 heterocycles. The van der Waals surface area contributed by atoms with Crippen molar-refractivity contribution < 1.29 is 14.6 Å². The Hall–Kier alpha value is -2.38. The summed E-state index contributed by atoms with van der Waals surface area (Å²) in [7, 11) is 1.75. The molecule has 1 aromatic heterocycles. The number of urea groups is 1. The Morgan fingerprint density at radius 2 is 2.04 bits per heavy atom. The van der Waals surface area contributed by atoms with Crippen molar-refractivity contribution in [1.29, 1.82) is 0 Å². The van der Waals surface area contributed by atoms with Crippen LogP contribution < -0.4 is 5.32 Å². The van der Waals surface area contributed by atoms with Crippen molar-refractivity contribution in [3.63, 3.8) is 0 Å². The number of carbonyl (C=O) groups is 1. The molecule has 1 fully saturated rings. The zero-order valence-corrected chi connectivity index (χ0v) is 14.4. The van der Waals surface area contributed by atoms with Crippen LogP contribution in [-0.4, -0.2) is 59.6 Å². The Bertz CT molecular complexity index is 679. The van der Waals surface area contributed by atoms with E-state index in [2.05, 4.69) is 15.5 Å². The van der Waals surface area contributed by atoms with Gasteiger partial charge < -0.3 is 20.1 Å². The number of aromatic amines is 1. The molecule has 0 bridgehead atoms. The molecule has 0 radical (unpaired) electrons. The minimum Gasteiger partial charge on any atom is -0.396 e. The lowest BCUT2D eigenvalue weighted by Crippen LogP contribution is -2.45. The molecule has 0 unspecified atom stereocenters. The quantitative estimate of drug-likeness (QED) is 0.776. The molecular weight excluding hydrogens is 320 g/mol. The van der Waals surface area contributed by atoms with Crippen LogP contribution in [-0.2, 0) is 4.74 Å². The second-order valence-corrected chi connectivity index (χ2v) is 6.60. The number of rotatable bonds is 5. The third-order valence-electron chi connectivity index (χ3n) is 4.76. The summed E-state index contributed by atoms with van der Waals surface area (Å²) in [5, 5.41) is 19.5. The summed E-state index contributed by atoms with van der Waals surface area (Å²) in [6.07, 6.45) is 3.23. The van der Waals surface area contributed by atoms with E-state index in [4.69, 9.17) is 4.74 Å². The van der Waals surface area contributed by atoms with Gasteiger partial charge in [0.1, 0.15) is 0 Å². The fraction of sp³-hybridized carbons (Fsp3) is 0.444. The van der Waals surface area contributed by atoms with Gasteiger partial charge in [-0.2, -0.15) is 5.10 Å². The monoisotopic (exact) mass is 344 g/mol. The predicted octanol–water partition coefficient (Wildman–Crippen LogP) is 2.33. The van der Waals surface area contributed by atoms with Crippen LogP contribution >= 0.6 is 0 Å². The summed E-state index contributed by atoms with van der Waals surface area (Å²) in [6.45, 7) is 1.83. The van der Waals surface area contributed by atoms with Gasteiger partial charge in [-0.05, 0) is 36.6 Å². The van der Waals surface area contributed by atoms with Gasteiger partial charge in [-0.1, -0.05) is 12.1 Å². The highest BCUT2D eigenvalue weighted by Crippen LogP contribution is 2.30. The number of hydrogen-bond donors (Lipinski definition) is 3. The van der Waals surface area contributed by atoms with E-state index >= 15 is 0 Å². The van der Waals surface area contributed by atoms with Gasteiger partial charge in [0.05, 0.1) is 12.3 Å². The molecule has 1 aromatic carbocycles. The third kappa shape index (κ3) is 4.18. The van der Waals surface area contributed by atoms with Crippen molar-refractivity contribution in [2.45, 2.75) is 12.8 Å². The van der Waals surface area contributed by atoms with Crippen LogP contribution in [0.5, 0.6) is 0 Å². The lowest BCUT2D eigenvalue weighted by atomic mass is 9.80. The van der Waals surface area contributed by atoms with Gasteiger partial charge in [-0.25, -0.2) is 4.79 Å². The smallest absolute Gasteiger partial charge is 0.321 e. The van der Waals surface area contributed by atoms with Crippen LogP contribution in [0.15, 0.2) is 36.5 Å². The van der Waals surface area contributed by atoms with Crippen molar-refractivity contribution in [2.75, 3.05) is 38.7 Å². The van der Waals surface area contributed by atoms with E-state index in [0.717, 1.165) is 29.8 Å². The van der Waals surface area contributed by atoms with Gasteiger partial charge in [0.25, 0.3) is 0 Å². The largest absolute Gasteiger partial charge is 0.396 e. The lowest BCUT2D eigenvalue weighted by Gasteiger charge is -2.38. The van der Waals surface area contributed by atoms with Gasteiger partial charge >= 0.3 is 6.03 Å². The minimum atomic E-state index is -0.269. The minimum absolute atomic E-state index is 0.0624. The topological polar surface area (TPSA) is 90.5 Å². The number of carbonyl (C=O) groups excluding carboxylic acids is 1. The number of aromatic nitrogens is 2. The number of aliphatic hydroxyl groups is 1. The first-order chi connectivity index (χ1) is 12.1. The summed E-state index contributed by atoms with van der Waals surface area (Å²) < 4.78 is 5.37. The SMILES string of the molecule is CN(CC1(CO)CCOCC1)C(=O)Nc1ccc(-c2ccn[nH]2)cc1. The Balaban J connectivity index is 1.59. The molecule has 7 heteroatoms. The fourth-order valence-corrected chi connectivity index (χ4v) is 3.11. The van der Waals surface area contributed by atoms with E-state index in [1.807, 2.05) is 30.3 Å².